The summed E-state index contributed by atoms with van der Waals surface area (Å²) in [6, 6.07) is 3.48. The van der Waals surface area contributed by atoms with Crippen molar-refractivity contribution in [3.8, 4) is 6.07 Å². The van der Waals surface area contributed by atoms with Crippen LogP contribution in [0.3, 0.4) is 0 Å². The Bertz CT molecular complexity index is 744. The summed E-state index contributed by atoms with van der Waals surface area (Å²) >= 11 is 1.29. The molecule has 5 nitrogen and oxygen atoms in total. The Morgan fingerprint density at radius 2 is 2.00 bits per heavy atom. The number of aromatic amines is 1. The Morgan fingerprint density at radius 1 is 1.33 bits per heavy atom. The van der Waals surface area contributed by atoms with Gasteiger partial charge in [-0.1, -0.05) is 27.7 Å². The molecular weight excluding hydrogens is 322 g/mol. The number of hydrogen-bond donors (Lipinski definition) is 1. The van der Waals surface area contributed by atoms with Gasteiger partial charge in [-0.3, -0.25) is 9.59 Å². The zero-order valence-electron chi connectivity index (χ0n) is 15.0. The van der Waals surface area contributed by atoms with Crippen molar-refractivity contribution in [1.82, 2.24) is 9.88 Å². The van der Waals surface area contributed by atoms with Gasteiger partial charge in [0.1, 0.15) is 11.6 Å². The van der Waals surface area contributed by atoms with Crippen LogP contribution < -0.4 is 5.56 Å². The van der Waals surface area contributed by atoms with Gasteiger partial charge in [0.05, 0.1) is 10.6 Å². The molecule has 24 heavy (non-hydrogen) atoms. The topological polar surface area (TPSA) is 77.0 Å². The van der Waals surface area contributed by atoms with E-state index in [1.165, 1.54) is 17.8 Å². The molecule has 2 rings (SSSR count). The Labute approximate surface area is 147 Å². The van der Waals surface area contributed by atoms with Crippen LogP contribution >= 0.6 is 11.8 Å². The SMILES string of the molecule is CSc1[nH]c(=O)c(C(=O)N2CCC(C)(C)CC(C)(C)C2)cc1C#N. The van der Waals surface area contributed by atoms with Gasteiger partial charge in [-0.05, 0) is 36.0 Å². The van der Waals surface area contributed by atoms with Gasteiger partial charge in [0, 0.05) is 13.1 Å². The Kier molecular flexibility index (Phi) is 5.14. The number of carbonyl (C=O) groups excluding carboxylic acids is 1. The molecule has 1 aromatic heterocycles. The van der Waals surface area contributed by atoms with Crippen molar-refractivity contribution in [2.45, 2.75) is 45.6 Å². The van der Waals surface area contributed by atoms with Crippen LogP contribution in [-0.4, -0.2) is 35.1 Å². The standard InChI is InChI=1S/C18H25N3O2S/c1-17(2)6-7-21(11-18(3,4)10-17)16(23)13-8-12(9-19)15(24-5)20-14(13)22/h8H,6-7,10-11H2,1-5H3,(H,20,22). The maximum atomic E-state index is 12.9. The van der Waals surface area contributed by atoms with Crippen molar-refractivity contribution in [3.05, 3.63) is 27.5 Å². The van der Waals surface area contributed by atoms with E-state index in [-0.39, 0.29) is 22.3 Å². The third-order valence-corrected chi connectivity index (χ3v) is 5.21. The predicted molar refractivity (Wildman–Crippen MR) is 96.3 cm³/mol. The summed E-state index contributed by atoms with van der Waals surface area (Å²) in [5.74, 6) is -0.286. The van der Waals surface area contributed by atoms with E-state index in [1.807, 2.05) is 0 Å². The second-order valence-electron chi connectivity index (χ2n) is 8.05. The van der Waals surface area contributed by atoms with Crippen LogP contribution in [0, 0.1) is 22.2 Å². The molecule has 1 N–H and O–H groups in total. The van der Waals surface area contributed by atoms with Crippen molar-refractivity contribution in [1.29, 1.82) is 5.26 Å². The highest BCUT2D eigenvalue weighted by Crippen LogP contribution is 2.39. The molecule has 0 saturated carbocycles. The summed E-state index contributed by atoms with van der Waals surface area (Å²) in [6.45, 7) is 9.99. The lowest BCUT2D eigenvalue weighted by Gasteiger charge is -2.32. The summed E-state index contributed by atoms with van der Waals surface area (Å²) in [5.41, 5.74) is 0.106. The highest BCUT2D eigenvalue weighted by Gasteiger charge is 2.36. The van der Waals surface area contributed by atoms with Gasteiger partial charge in [-0.25, -0.2) is 0 Å². The molecule has 0 unspecified atom stereocenters. The number of rotatable bonds is 2. The number of carbonyl (C=O) groups is 1. The first kappa shape index (κ1) is 18.6. The second kappa shape index (κ2) is 6.64. The Hall–Kier alpha value is -1.74. The van der Waals surface area contributed by atoms with Crippen LogP contribution in [0.25, 0.3) is 0 Å². The van der Waals surface area contributed by atoms with Crippen LogP contribution in [0.4, 0.5) is 0 Å². The summed E-state index contributed by atoms with van der Waals surface area (Å²) in [4.78, 5) is 29.6. The summed E-state index contributed by atoms with van der Waals surface area (Å²) in [6.07, 6.45) is 3.70. The number of aromatic nitrogens is 1. The van der Waals surface area contributed by atoms with E-state index in [9.17, 15) is 14.9 Å². The van der Waals surface area contributed by atoms with E-state index in [4.69, 9.17) is 0 Å². The van der Waals surface area contributed by atoms with Gasteiger partial charge in [-0.15, -0.1) is 11.8 Å². The lowest BCUT2D eigenvalue weighted by molar-refractivity contribution is 0.0704. The van der Waals surface area contributed by atoms with E-state index in [1.54, 1.807) is 11.2 Å². The minimum atomic E-state index is -0.426. The van der Waals surface area contributed by atoms with E-state index in [2.05, 4.69) is 38.7 Å². The van der Waals surface area contributed by atoms with Crippen LogP contribution in [-0.2, 0) is 0 Å². The monoisotopic (exact) mass is 347 g/mol. The van der Waals surface area contributed by atoms with E-state index in [0.717, 1.165) is 12.8 Å². The molecular formula is C18H25N3O2S. The van der Waals surface area contributed by atoms with Crippen LogP contribution in [0.15, 0.2) is 15.9 Å². The number of nitriles is 1. The predicted octanol–water partition coefficient (Wildman–Crippen LogP) is 3.26. The minimum Gasteiger partial charge on any atom is -0.338 e. The first-order valence-electron chi connectivity index (χ1n) is 8.09. The number of nitrogens with one attached hydrogen (secondary N) is 1. The lowest BCUT2D eigenvalue weighted by Crippen LogP contribution is -2.40. The molecule has 0 radical (unpaired) electrons. The third kappa shape index (κ3) is 4.02. The number of H-pyrrole nitrogens is 1. The maximum Gasteiger partial charge on any atom is 0.261 e. The summed E-state index contributed by atoms with van der Waals surface area (Å²) < 4.78 is 0. The molecule has 2 heterocycles. The number of likely N-dealkylation sites (tertiary alicyclic amines) is 1. The number of thioether (sulfide) groups is 1. The fraction of sp³-hybridized carbons (Fsp3) is 0.611. The number of nitrogens with zero attached hydrogens (tertiary/aromatic N) is 2. The molecule has 0 aromatic carbocycles. The number of amides is 1. The van der Waals surface area contributed by atoms with Crippen molar-refractivity contribution in [2.75, 3.05) is 19.3 Å². The largest absolute Gasteiger partial charge is 0.338 e. The molecule has 130 valence electrons. The number of pyridine rings is 1. The molecule has 1 aliphatic rings. The molecule has 1 aromatic rings. The van der Waals surface area contributed by atoms with Gasteiger partial charge < -0.3 is 9.88 Å². The fourth-order valence-electron chi connectivity index (χ4n) is 3.73. The second-order valence-corrected chi connectivity index (χ2v) is 8.87. The molecule has 0 atom stereocenters. The average Bonchev–Trinajstić information content (AvgIpc) is 2.60. The first-order chi connectivity index (χ1) is 11.1. The highest BCUT2D eigenvalue weighted by molar-refractivity contribution is 7.98. The Balaban J connectivity index is 2.38. The lowest BCUT2D eigenvalue weighted by atomic mass is 9.75. The molecule has 0 bridgehead atoms. The minimum absolute atomic E-state index is 0.0142. The van der Waals surface area contributed by atoms with Crippen molar-refractivity contribution < 1.29 is 4.79 Å². The molecule has 6 heteroatoms. The molecule has 0 spiro atoms. The number of hydrogen-bond acceptors (Lipinski definition) is 4. The van der Waals surface area contributed by atoms with E-state index in [0.29, 0.717) is 23.7 Å². The van der Waals surface area contributed by atoms with Crippen LogP contribution in [0.5, 0.6) is 0 Å². The van der Waals surface area contributed by atoms with Crippen molar-refractivity contribution in [2.24, 2.45) is 10.8 Å². The molecule has 0 aliphatic carbocycles. The molecule has 1 amide bonds. The first-order valence-corrected chi connectivity index (χ1v) is 9.32. The highest BCUT2D eigenvalue weighted by atomic mass is 32.2. The van der Waals surface area contributed by atoms with Crippen molar-refractivity contribution >= 4 is 17.7 Å². The van der Waals surface area contributed by atoms with Gasteiger partial charge in [0.2, 0.25) is 0 Å². The third-order valence-electron chi connectivity index (χ3n) is 4.48. The summed E-state index contributed by atoms with van der Waals surface area (Å²) in [7, 11) is 0. The normalized spacial score (nSPS) is 19.4. The maximum absolute atomic E-state index is 12.9. The zero-order chi connectivity index (χ0) is 18.1. The van der Waals surface area contributed by atoms with Gasteiger partial charge >= 0.3 is 0 Å². The zero-order valence-corrected chi connectivity index (χ0v) is 15.8. The average molecular weight is 347 g/mol. The van der Waals surface area contributed by atoms with Crippen molar-refractivity contribution in [3.63, 3.8) is 0 Å². The van der Waals surface area contributed by atoms with Crippen LogP contribution in [0.2, 0.25) is 0 Å². The molecule has 1 fully saturated rings. The molecule has 1 aliphatic heterocycles. The van der Waals surface area contributed by atoms with E-state index < -0.39 is 5.56 Å². The fourth-order valence-corrected chi connectivity index (χ4v) is 4.25. The van der Waals surface area contributed by atoms with Gasteiger partial charge in [0.15, 0.2) is 0 Å². The van der Waals surface area contributed by atoms with Crippen LogP contribution in [0.1, 0.15) is 56.5 Å². The summed E-state index contributed by atoms with van der Waals surface area (Å²) in [5, 5.41) is 9.74. The van der Waals surface area contributed by atoms with Gasteiger partial charge in [0.25, 0.3) is 11.5 Å². The quantitative estimate of drug-likeness (QED) is 0.833. The smallest absolute Gasteiger partial charge is 0.261 e. The van der Waals surface area contributed by atoms with Gasteiger partial charge in [-0.2, -0.15) is 5.26 Å². The molecule has 1 saturated heterocycles. The van der Waals surface area contributed by atoms with E-state index >= 15 is 0 Å². The Morgan fingerprint density at radius 3 is 2.58 bits per heavy atom.